The zero-order valence-electron chi connectivity index (χ0n) is 18.1. The highest BCUT2D eigenvalue weighted by Crippen LogP contribution is 2.35. The fourth-order valence-electron chi connectivity index (χ4n) is 4.22. The summed E-state index contributed by atoms with van der Waals surface area (Å²) in [6, 6.07) is 10.4. The SMILES string of the molecule is CS(=O)(=O)Cn1cc(-c2ccc(-c3cnn4ccnc(C5=CCC(C#N)CC5)c34)cc2)cn1. The first kappa shape index (κ1) is 21.1. The Kier molecular flexibility index (Phi) is 5.30. The third kappa shape index (κ3) is 4.30. The quantitative estimate of drug-likeness (QED) is 0.448. The Balaban J connectivity index is 1.48. The number of rotatable bonds is 5. The normalized spacial score (nSPS) is 16.5. The molecule has 166 valence electrons. The van der Waals surface area contributed by atoms with Crippen molar-refractivity contribution in [3.8, 4) is 28.3 Å². The van der Waals surface area contributed by atoms with Crippen LogP contribution < -0.4 is 0 Å². The summed E-state index contributed by atoms with van der Waals surface area (Å²) >= 11 is 0. The van der Waals surface area contributed by atoms with Gasteiger partial charge in [-0.05, 0) is 36.0 Å². The fraction of sp³-hybridized carbons (Fsp3) is 0.250. The Morgan fingerprint density at radius 1 is 1.12 bits per heavy atom. The average Bonchev–Trinajstić information content (AvgIpc) is 3.45. The number of nitrogens with zero attached hydrogens (tertiary/aromatic N) is 6. The van der Waals surface area contributed by atoms with Crippen LogP contribution in [0.5, 0.6) is 0 Å². The molecule has 0 radical (unpaired) electrons. The topological polar surface area (TPSA) is 106 Å². The fourth-order valence-corrected chi connectivity index (χ4v) is 4.84. The molecule has 1 aromatic carbocycles. The lowest BCUT2D eigenvalue weighted by Gasteiger charge is -2.17. The molecule has 0 aliphatic heterocycles. The summed E-state index contributed by atoms with van der Waals surface area (Å²) in [4.78, 5) is 4.66. The number of benzene rings is 1. The third-order valence-electron chi connectivity index (χ3n) is 5.86. The average molecular weight is 459 g/mol. The Bertz CT molecular complexity index is 1510. The molecule has 4 aromatic rings. The van der Waals surface area contributed by atoms with Gasteiger partial charge in [-0.2, -0.15) is 15.5 Å². The van der Waals surface area contributed by atoms with Crippen molar-refractivity contribution in [3.63, 3.8) is 0 Å². The molecular formula is C24H22N6O2S. The van der Waals surface area contributed by atoms with Crippen LogP contribution in [0.2, 0.25) is 0 Å². The Morgan fingerprint density at radius 2 is 1.91 bits per heavy atom. The van der Waals surface area contributed by atoms with E-state index in [4.69, 9.17) is 0 Å². The number of nitriles is 1. The van der Waals surface area contributed by atoms with Gasteiger partial charge < -0.3 is 0 Å². The Labute approximate surface area is 191 Å². The van der Waals surface area contributed by atoms with Crippen LogP contribution in [0.15, 0.2) is 61.3 Å². The van der Waals surface area contributed by atoms with E-state index < -0.39 is 9.84 Å². The zero-order valence-corrected chi connectivity index (χ0v) is 18.9. The van der Waals surface area contributed by atoms with Crippen molar-refractivity contribution in [2.24, 2.45) is 5.92 Å². The number of allylic oxidation sites excluding steroid dienone is 2. The van der Waals surface area contributed by atoms with E-state index in [-0.39, 0.29) is 11.8 Å². The zero-order chi connectivity index (χ0) is 23.0. The molecule has 1 aliphatic carbocycles. The first-order chi connectivity index (χ1) is 15.9. The monoisotopic (exact) mass is 458 g/mol. The van der Waals surface area contributed by atoms with E-state index in [0.717, 1.165) is 58.3 Å². The second-order valence-electron chi connectivity index (χ2n) is 8.36. The van der Waals surface area contributed by atoms with Gasteiger partial charge in [0.25, 0.3) is 0 Å². The van der Waals surface area contributed by atoms with E-state index in [1.54, 1.807) is 18.6 Å². The minimum Gasteiger partial charge on any atom is -0.257 e. The summed E-state index contributed by atoms with van der Waals surface area (Å²) in [5.41, 5.74) is 6.82. The van der Waals surface area contributed by atoms with Crippen LogP contribution in [0.1, 0.15) is 25.0 Å². The number of hydrogen-bond acceptors (Lipinski definition) is 6. The van der Waals surface area contributed by atoms with Gasteiger partial charge in [-0.1, -0.05) is 30.3 Å². The van der Waals surface area contributed by atoms with Crippen LogP contribution in [0.4, 0.5) is 0 Å². The maximum atomic E-state index is 11.5. The molecule has 0 amide bonds. The van der Waals surface area contributed by atoms with Gasteiger partial charge in [-0.15, -0.1) is 0 Å². The molecule has 1 aliphatic rings. The Hall–Kier alpha value is -3.77. The van der Waals surface area contributed by atoms with E-state index in [9.17, 15) is 13.7 Å². The van der Waals surface area contributed by atoms with Gasteiger partial charge in [0.05, 0.1) is 35.6 Å². The molecule has 0 spiro atoms. The molecule has 9 heteroatoms. The van der Waals surface area contributed by atoms with Gasteiger partial charge in [0, 0.05) is 36.0 Å². The van der Waals surface area contributed by atoms with Gasteiger partial charge in [-0.3, -0.25) is 9.67 Å². The van der Waals surface area contributed by atoms with Gasteiger partial charge >= 0.3 is 0 Å². The van der Waals surface area contributed by atoms with E-state index in [1.807, 2.05) is 41.2 Å². The molecule has 0 N–H and O–H groups in total. The smallest absolute Gasteiger partial charge is 0.167 e. The summed E-state index contributed by atoms with van der Waals surface area (Å²) in [6.45, 7) is 0. The second kappa shape index (κ2) is 8.30. The summed E-state index contributed by atoms with van der Waals surface area (Å²) < 4.78 is 26.3. The highest BCUT2D eigenvalue weighted by atomic mass is 32.2. The Morgan fingerprint density at radius 3 is 2.61 bits per heavy atom. The number of fused-ring (bicyclic) bond motifs is 1. The van der Waals surface area contributed by atoms with Crippen molar-refractivity contribution in [1.29, 1.82) is 5.26 Å². The number of sulfone groups is 1. The van der Waals surface area contributed by atoms with Crippen LogP contribution in [-0.2, 0) is 15.7 Å². The molecule has 0 saturated heterocycles. The molecule has 3 aromatic heterocycles. The lowest BCUT2D eigenvalue weighted by atomic mass is 9.88. The molecule has 33 heavy (non-hydrogen) atoms. The van der Waals surface area contributed by atoms with Crippen LogP contribution in [0.25, 0.3) is 33.3 Å². The molecule has 1 unspecified atom stereocenters. The summed E-state index contributed by atoms with van der Waals surface area (Å²) in [6.07, 6.45) is 14.6. The van der Waals surface area contributed by atoms with Crippen LogP contribution in [0, 0.1) is 17.2 Å². The van der Waals surface area contributed by atoms with Crippen molar-refractivity contribution in [1.82, 2.24) is 24.4 Å². The molecule has 0 bridgehead atoms. The maximum absolute atomic E-state index is 11.5. The molecular weight excluding hydrogens is 436 g/mol. The third-order valence-corrected chi connectivity index (χ3v) is 6.59. The van der Waals surface area contributed by atoms with Gasteiger partial charge in [0.2, 0.25) is 0 Å². The first-order valence-electron chi connectivity index (χ1n) is 10.6. The summed E-state index contributed by atoms with van der Waals surface area (Å²) in [5.74, 6) is -0.0685. The lowest BCUT2D eigenvalue weighted by molar-refractivity contribution is 0.581. The van der Waals surface area contributed by atoms with Crippen LogP contribution in [0.3, 0.4) is 0 Å². The van der Waals surface area contributed by atoms with Crippen molar-refractivity contribution >= 4 is 20.9 Å². The lowest BCUT2D eigenvalue weighted by Crippen LogP contribution is -2.08. The van der Waals surface area contributed by atoms with Crippen LogP contribution >= 0.6 is 0 Å². The molecule has 3 heterocycles. The molecule has 0 fully saturated rings. The van der Waals surface area contributed by atoms with E-state index in [2.05, 4.69) is 27.3 Å². The predicted molar refractivity (Wildman–Crippen MR) is 125 cm³/mol. The van der Waals surface area contributed by atoms with E-state index in [1.165, 1.54) is 10.9 Å². The number of hydrogen-bond donors (Lipinski definition) is 0. The first-order valence-corrected chi connectivity index (χ1v) is 12.7. The molecule has 0 saturated carbocycles. The standard InChI is InChI=1S/C24H22N6O2S/c1-33(31,32)16-29-15-21(13-27-29)18-6-8-19(9-7-18)22-14-28-30-11-10-26-23(24(22)30)20-4-2-17(12-25)3-5-20/h4,6-11,13-15,17H,2-3,5,16H2,1H3. The highest BCUT2D eigenvalue weighted by molar-refractivity contribution is 7.89. The summed E-state index contributed by atoms with van der Waals surface area (Å²) in [7, 11) is -3.16. The summed E-state index contributed by atoms with van der Waals surface area (Å²) in [5, 5.41) is 17.9. The van der Waals surface area contributed by atoms with Gasteiger partial charge in [-0.25, -0.2) is 12.9 Å². The largest absolute Gasteiger partial charge is 0.257 e. The molecule has 1 atom stereocenters. The number of aromatic nitrogens is 5. The van der Waals surface area contributed by atoms with Gasteiger partial charge in [0.15, 0.2) is 9.84 Å². The van der Waals surface area contributed by atoms with Crippen molar-refractivity contribution < 1.29 is 8.42 Å². The van der Waals surface area contributed by atoms with Crippen LogP contribution in [-0.4, -0.2) is 39.1 Å². The molecule has 5 rings (SSSR count). The van der Waals surface area contributed by atoms with Crippen molar-refractivity contribution in [2.75, 3.05) is 6.26 Å². The van der Waals surface area contributed by atoms with Crippen molar-refractivity contribution in [2.45, 2.75) is 25.1 Å². The maximum Gasteiger partial charge on any atom is 0.167 e. The van der Waals surface area contributed by atoms with E-state index in [0.29, 0.717) is 0 Å². The minimum atomic E-state index is -3.16. The minimum absolute atomic E-state index is 0.0761. The second-order valence-corrected chi connectivity index (χ2v) is 10.5. The van der Waals surface area contributed by atoms with E-state index >= 15 is 0 Å². The van der Waals surface area contributed by atoms with Crippen molar-refractivity contribution in [3.05, 3.63) is 67.0 Å². The predicted octanol–water partition coefficient (Wildman–Crippen LogP) is 3.97. The molecule has 8 nitrogen and oxygen atoms in total. The highest BCUT2D eigenvalue weighted by Gasteiger charge is 2.20. The van der Waals surface area contributed by atoms with Gasteiger partial charge in [0.1, 0.15) is 5.88 Å².